The predicted octanol–water partition coefficient (Wildman–Crippen LogP) is -2.32. The van der Waals surface area contributed by atoms with Crippen molar-refractivity contribution in [2.75, 3.05) is 13.1 Å². The first-order chi connectivity index (χ1) is 3.30. The van der Waals surface area contributed by atoms with Crippen LogP contribution in [0.25, 0.3) is 0 Å². The molecule has 0 saturated carbocycles. The molecule has 0 bridgehead atoms. The zero-order chi connectivity index (χ0) is 5.28. The summed E-state index contributed by atoms with van der Waals surface area (Å²) >= 11 is 0. The van der Waals surface area contributed by atoms with Crippen molar-refractivity contribution in [1.82, 2.24) is 5.32 Å². The van der Waals surface area contributed by atoms with Crippen LogP contribution in [0.3, 0.4) is 0 Å². The fraction of sp³-hybridized carbons (Fsp3) is 1.00. The van der Waals surface area contributed by atoms with E-state index in [-0.39, 0.29) is 0 Å². The fourth-order valence-electron chi connectivity index (χ4n) is 0.641. The van der Waals surface area contributed by atoms with Crippen molar-refractivity contribution in [3.8, 4) is 0 Å². The molecule has 1 saturated heterocycles. The van der Waals surface area contributed by atoms with Gasteiger partial charge in [-0.1, -0.05) is 6.10 Å². The molecule has 3 nitrogen and oxygen atoms in total. The molecule has 0 aliphatic carbocycles. The van der Waals surface area contributed by atoms with Crippen LogP contribution in [0, 0.1) is 0 Å². The predicted molar refractivity (Wildman–Crippen MR) is 22.7 cm³/mol. The maximum absolute atomic E-state index is 10.3. The van der Waals surface area contributed by atoms with Gasteiger partial charge in [0.25, 0.3) is 0 Å². The largest absolute Gasteiger partial charge is 0.849 e. The third-order valence-corrected chi connectivity index (χ3v) is 1.13. The number of nitrogens with one attached hydrogen (secondary N) is 1. The van der Waals surface area contributed by atoms with Gasteiger partial charge in [0, 0.05) is 6.54 Å². The second-order valence-electron chi connectivity index (χ2n) is 1.76. The summed E-state index contributed by atoms with van der Waals surface area (Å²) in [6, 6.07) is 0. The smallest absolute Gasteiger partial charge is 0.0552 e. The van der Waals surface area contributed by atoms with Crippen LogP contribution in [-0.2, 0) is 0 Å². The van der Waals surface area contributed by atoms with Gasteiger partial charge in [-0.2, -0.15) is 0 Å². The van der Waals surface area contributed by atoms with E-state index < -0.39 is 12.2 Å². The summed E-state index contributed by atoms with van der Waals surface area (Å²) in [4.78, 5) is 0. The lowest BCUT2D eigenvalue weighted by molar-refractivity contribution is -0.427. The van der Waals surface area contributed by atoms with Crippen molar-refractivity contribution in [1.29, 1.82) is 0 Å². The van der Waals surface area contributed by atoms with Gasteiger partial charge in [0.15, 0.2) is 0 Å². The standard InChI is InChI=1S/C4H8NO2/c6-3-1-5-2-4(3)7/h3-6H,1-2H2/q-1/t3-,4-/m1/s1. The molecule has 2 N–H and O–H groups in total. The minimum absolute atomic E-state index is 0.418. The van der Waals surface area contributed by atoms with E-state index in [2.05, 4.69) is 5.32 Å². The molecule has 3 heteroatoms. The van der Waals surface area contributed by atoms with Gasteiger partial charge in [0.1, 0.15) is 0 Å². The van der Waals surface area contributed by atoms with Gasteiger partial charge < -0.3 is 15.5 Å². The van der Waals surface area contributed by atoms with E-state index in [9.17, 15) is 5.11 Å². The highest BCUT2D eigenvalue weighted by Crippen LogP contribution is 1.92. The van der Waals surface area contributed by atoms with Gasteiger partial charge in [-0.3, -0.25) is 0 Å². The summed E-state index contributed by atoms with van der Waals surface area (Å²) in [5.74, 6) is 0. The highest BCUT2D eigenvalue weighted by atomic mass is 16.3. The first-order valence-corrected chi connectivity index (χ1v) is 2.35. The maximum atomic E-state index is 10.3. The fourth-order valence-corrected chi connectivity index (χ4v) is 0.641. The zero-order valence-electron chi connectivity index (χ0n) is 3.92. The molecule has 42 valence electrons. The molecule has 0 aromatic rings. The van der Waals surface area contributed by atoms with Gasteiger partial charge in [-0.25, -0.2) is 0 Å². The second kappa shape index (κ2) is 1.78. The van der Waals surface area contributed by atoms with Gasteiger partial charge >= 0.3 is 0 Å². The number of hydrogen-bond acceptors (Lipinski definition) is 3. The van der Waals surface area contributed by atoms with Crippen LogP contribution in [-0.4, -0.2) is 30.4 Å². The van der Waals surface area contributed by atoms with Gasteiger partial charge in [0.05, 0.1) is 6.10 Å². The van der Waals surface area contributed by atoms with E-state index in [4.69, 9.17) is 5.11 Å². The molecular formula is C4H8NO2-. The molecule has 0 radical (unpaired) electrons. The Morgan fingerprint density at radius 2 is 2.29 bits per heavy atom. The number of aliphatic hydroxyl groups is 1. The molecular weight excluding hydrogens is 94.0 g/mol. The Kier molecular flexibility index (Phi) is 1.27. The Morgan fingerprint density at radius 3 is 2.43 bits per heavy atom. The van der Waals surface area contributed by atoms with Gasteiger partial charge in [-0.05, 0) is 6.54 Å². The molecule has 1 aliphatic rings. The van der Waals surface area contributed by atoms with Crippen LogP contribution in [0.4, 0.5) is 0 Å². The van der Waals surface area contributed by atoms with Gasteiger partial charge in [-0.15, -0.1) is 0 Å². The summed E-state index contributed by atoms with van der Waals surface area (Å²) in [6.07, 6.45) is -1.44. The number of aliphatic hydroxyl groups excluding tert-OH is 1. The van der Waals surface area contributed by atoms with Crippen LogP contribution in [0.1, 0.15) is 0 Å². The summed E-state index contributed by atoms with van der Waals surface area (Å²) < 4.78 is 0. The topological polar surface area (TPSA) is 55.3 Å². The Morgan fingerprint density at radius 1 is 1.57 bits per heavy atom. The molecule has 1 aliphatic heterocycles. The average Bonchev–Trinajstić information content (AvgIpc) is 1.91. The van der Waals surface area contributed by atoms with E-state index in [0.29, 0.717) is 13.1 Å². The summed E-state index contributed by atoms with van der Waals surface area (Å²) in [5.41, 5.74) is 0. The molecule has 0 unspecified atom stereocenters. The molecule has 0 aromatic carbocycles. The normalized spacial score (nSPS) is 42.0. The van der Waals surface area contributed by atoms with E-state index in [1.807, 2.05) is 0 Å². The van der Waals surface area contributed by atoms with Crippen LogP contribution >= 0.6 is 0 Å². The summed E-state index contributed by atoms with van der Waals surface area (Å²) in [7, 11) is 0. The monoisotopic (exact) mass is 102 g/mol. The summed E-state index contributed by atoms with van der Waals surface area (Å²) in [5, 5.41) is 21.7. The first-order valence-electron chi connectivity index (χ1n) is 2.35. The third-order valence-electron chi connectivity index (χ3n) is 1.13. The molecule has 0 amide bonds. The van der Waals surface area contributed by atoms with Crippen molar-refractivity contribution < 1.29 is 10.2 Å². The third kappa shape index (κ3) is 0.907. The second-order valence-corrected chi connectivity index (χ2v) is 1.76. The van der Waals surface area contributed by atoms with E-state index in [0.717, 1.165) is 0 Å². The van der Waals surface area contributed by atoms with Crippen molar-refractivity contribution in [3.05, 3.63) is 0 Å². The molecule has 1 heterocycles. The van der Waals surface area contributed by atoms with Crippen LogP contribution in [0.2, 0.25) is 0 Å². The first kappa shape index (κ1) is 5.03. The molecule has 0 spiro atoms. The Hall–Kier alpha value is -0.120. The van der Waals surface area contributed by atoms with E-state index in [1.54, 1.807) is 0 Å². The average molecular weight is 102 g/mol. The molecule has 1 rings (SSSR count). The Balaban J connectivity index is 2.33. The Bertz CT molecular complexity index is 58.7. The number of hydrogen-bond donors (Lipinski definition) is 2. The van der Waals surface area contributed by atoms with E-state index >= 15 is 0 Å². The zero-order valence-corrected chi connectivity index (χ0v) is 3.92. The molecule has 2 atom stereocenters. The van der Waals surface area contributed by atoms with Crippen molar-refractivity contribution in [2.24, 2.45) is 0 Å². The SMILES string of the molecule is [O-][C@@H]1CNC[C@H]1O. The molecule has 0 aromatic heterocycles. The summed E-state index contributed by atoms with van der Waals surface area (Å²) in [6.45, 7) is 0.884. The van der Waals surface area contributed by atoms with Crippen LogP contribution in [0.5, 0.6) is 0 Å². The minimum Gasteiger partial charge on any atom is -0.849 e. The van der Waals surface area contributed by atoms with Gasteiger partial charge in [0.2, 0.25) is 0 Å². The van der Waals surface area contributed by atoms with Crippen LogP contribution in [0.15, 0.2) is 0 Å². The quantitative estimate of drug-likeness (QED) is 0.361. The lowest BCUT2D eigenvalue weighted by Gasteiger charge is -2.16. The molecule has 1 fully saturated rings. The highest BCUT2D eigenvalue weighted by Gasteiger charge is 2.13. The molecule has 7 heavy (non-hydrogen) atoms. The van der Waals surface area contributed by atoms with Crippen molar-refractivity contribution in [3.63, 3.8) is 0 Å². The minimum atomic E-state index is -0.792. The van der Waals surface area contributed by atoms with Crippen molar-refractivity contribution >= 4 is 0 Å². The van der Waals surface area contributed by atoms with Crippen molar-refractivity contribution in [2.45, 2.75) is 12.2 Å². The lowest BCUT2D eigenvalue weighted by atomic mass is 10.3. The van der Waals surface area contributed by atoms with E-state index in [1.165, 1.54) is 0 Å². The highest BCUT2D eigenvalue weighted by molar-refractivity contribution is 4.77. The number of β-amino-alcohol motifs (C(OH)–C–C–N with tert-alkyl or cyclic N) is 1. The lowest BCUT2D eigenvalue weighted by Crippen LogP contribution is -2.36. The maximum Gasteiger partial charge on any atom is 0.0552 e. The Labute approximate surface area is 42.0 Å². The number of rotatable bonds is 0. The van der Waals surface area contributed by atoms with Crippen LogP contribution < -0.4 is 10.4 Å².